The van der Waals surface area contributed by atoms with Crippen molar-refractivity contribution in [1.82, 2.24) is 0 Å². The number of aliphatic hydroxyl groups excluding tert-OH is 1. The monoisotopic (exact) mass is 330 g/mol. The fourth-order valence-electron chi connectivity index (χ4n) is 5.77. The van der Waals surface area contributed by atoms with E-state index in [0.29, 0.717) is 23.5 Å². The molecule has 3 aliphatic carbocycles. The highest BCUT2D eigenvalue weighted by atomic mass is 16.5. The number of carboxylic acid groups (broad SMARTS) is 1. The van der Waals surface area contributed by atoms with E-state index >= 15 is 0 Å². The molecular weight excluding hydrogens is 304 g/mol. The summed E-state index contributed by atoms with van der Waals surface area (Å²) in [5.74, 6) is 1.62. The topological polar surface area (TPSA) is 66.8 Å². The predicted octanol–water partition coefficient (Wildman–Crippen LogP) is 3.37. The van der Waals surface area contributed by atoms with Crippen LogP contribution in [0.5, 0.6) is 5.75 Å². The maximum Gasteiger partial charge on any atom is 0.341 e. The first kappa shape index (κ1) is 15.9. The van der Waals surface area contributed by atoms with Gasteiger partial charge in [0.15, 0.2) is 6.61 Å². The molecule has 4 heteroatoms. The quantitative estimate of drug-likeness (QED) is 0.892. The van der Waals surface area contributed by atoms with Gasteiger partial charge in [-0.05, 0) is 85.0 Å². The Hall–Kier alpha value is -1.55. The number of aliphatic hydroxyl groups is 1. The van der Waals surface area contributed by atoms with Crippen LogP contribution in [0.4, 0.5) is 0 Å². The van der Waals surface area contributed by atoms with Crippen molar-refractivity contribution >= 4 is 5.97 Å². The fourth-order valence-corrected chi connectivity index (χ4v) is 5.77. The lowest BCUT2D eigenvalue weighted by Gasteiger charge is -2.50. The van der Waals surface area contributed by atoms with Gasteiger partial charge < -0.3 is 14.9 Å². The van der Waals surface area contributed by atoms with Crippen molar-refractivity contribution in [3.05, 3.63) is 29.3 Å². The summed E-state index contributed by atoms with van der Waals surface area (Å²) in [4.78, 5) is 10.7. The van der Waals surface area contributed by atoms with Gasteiger partial charge in [0, 0.05) is 0 Å². The zero-order chi connectivity index (χ0) is 16.9. The lowest BCUT2D eigenvalue weighted by molar-refractivity contribution is -0.139. The number of rotatable bonds is 3. The number of carbonyl (C=O) groups is 1. The maximum absolute atomic E-state index is 10.7. The average molecular weight is 330 g/mol. The van der Waals surface area contributed by atoms with Gasteiger partial charge in [0.25, 0.3) is 0 Å². The van der Waals surface area contributed by atoms with Crippen LogP contribution in [0.25, 0.3) is 0 Å². The Bertz CT molecular complexity index is 655. The molecule has 24 heavy (non-hydrogen) atoms. The predicted molar refractivity (Wildman–Crippen MR) is 90.2 cm³/mol. The van der Waals surface area contributed by atoms with Gasteiger partial charge in [-0.2, -0.15) is 0 Å². The van der Waals surface area contributed by atoms with Crippen LogP contribution >= 0.6 is 0 Å². The Balaban J connectivity index is 1.58. The molecule has 1 aromatic rings. The Morgan fingerprint density at radius 2 is 2.12 bits per heavy atom. The van der Waals surface area contributed by atoms with Crippen molar-refractivity contribution in [3.63, 3.8) is 0 Å². The summed E-state index contributed by atoms with van der Waals surface area (Å²) in [5.41, 5.74) is 2.86. The minimum atomic E-state index is -0.945. The van der Waals surface area contributed by atoms with Gasteiger partial charge >= 0.3 is 5.97 Å². The molecule has 130 valence electrons. The molecule has 4 rings (SSSR count). The van der Waals surface area contributed by atoms with Gasteiger partial charge in [-0.1, -0.05) is 13.0 Å². The van der Waals surface area contributed by atoms with Crippen molar-refractivity contribution in [2.24, 2.45) is 17.3 Å². The lowest BCUT2D eigenvalue weighted by Crippen LogP contribution is -2.43. The molecular formula is C20H26O4. The number of ether oxygens (including phenoxy) is 1. The summed E-state index contributed by atoms with van der Waals surface area (Å²) < 4.78 is 5.34. The second-order valence-corrected chi connectivity index (χ2v) is 8.10. The SMILES string of the molecule is C[C@]12CC[C@@H]3c4ccc(OCC(=O)O)cc4CC[C@H]3[C@@H]1CC[C@@H]2O. The number of benzene rings is 1. The summed E-state index contributed by atoms with van der Waals surface area (Å²) in [7, 11) is 0. The number of hydrogen-bond donors (Lipinski definition) is 2. The molecule has 2 saturated carbocycles. The number of carboxylic acids is 1. The maximum atomic E-state index is 10.7. The molecule has 0 radical (unpaired) electrons. The summed E-state index contributed by atoms with van der Waals surface area (Å²) in [5, 5.41) is 19.2. The van der Waals surface area contributed by atoms with Crippen molar-refractivity contribution in [2.45, 2.75) is 57.5 Å². The zero-order valence-corrected chi connectivity index (χ0v) is 14.2. The van der Waals surface area contributed by atoms with E-state index in [0.717, 1.165) is 32.1 Å². The normalized spacial score (nSPS) is 37.2. The van der Waals surface area contributed by atoms with E-state index < -0.39 is 5.97 Å². The van der Waals surface area contributed by atoms with E-state index in [1.807, 2.05) is 12.1 Å². The van der Waals surface area contributed by atoms with E-state index in [2.05, 4.69) is 13.0 Å². The molecule has 0 aliphatic heterocycles. The van der Waals surface area contributed by atoms with Gasteiger partial charge in [-0.3, -0.25) is 0 Å². The first-order chi connectivity index (χ1) is 11.5. The molecule has 3 aliphatic rings. The molecule has 0 bridgehead atoms. The van der Waals surface area contributed by atoms with Gasteiger partial charge in [0.05, 0.1) is 6.10 Å². The van der Waals surface area contributed by atoms with Gasteiger partial charge in [-0.15, -0.1) is 0 Å². The van der Waals surface area contributed by atoms with Gasteiger partial charge in [0.2, 0.25) is 0 Å². The van der Waals surface area contributed by atoms with Crippen LogP contribution in [-0.2, 0) is 11.2 Å². The van der Waals surface area contributed by atoms with E-state index in [4.69, 9.17) is 9.84 Å². The molecule has 0 unspecified atom stereocenters. The Labute approximate surface area is 142 Å². The second-order valence-electron chi connectivity index (χ2n) is 8.10. The van der Waals surface area contributed by atoms with Crippen LogP contribution in [0.2, 0.25) is 0 Å². The zero-order valence-electron chi connectivity index (χ0n) is 14.2. The van der Waals surface area contributed by atoms with Crippen LogP contribution < -0.4 is 4.74 Å². The summed E-state index contributed by atoms with van der Waals surface area (Å²) in [6.45, 7) is 2.01. The highest BCUT2D eigenvalue weighted by Crippen LogP contribution is 2.60. The molecule has 0 amide bonds. The van der Waals surface area contributed by atoms with E-state index in [1.165, 1.54) is 17.5 Å². The minimum absolute atomic E-state index is 0.114. The Morgan fingerprint density at radius 1 is 1.29 bits per heavy atom. The third-order valence-corrected chi connectivity index (χ3v) is 7.01. The number of aryl methyl sites for hydroxylation is 1. The molecule has 0 saturated heterocycles. The van der Waals surface area contributed by atoms with Crippen molar-refractivity contribution in [2.75, 3.05) is 6.61 Å². The largest absolute Gasteiger partial charge is 0.482 e. The number of fused-ring (bicyclic) bond motifs is 5. The molecule has 2 N–H and O–H groups in total. The first-order valence-electron chi connectivity index (χ1n) is 9.14. The summed E-state index contributed by atoms with van der Waals surface area (Å²) in [6.07, 6.45) is 6.45. The molecule has 0 heterocycles. The second kappa shape index (κ2) is 5.76. The molecule has 4 nitrogen and oxygen atoms in total. The summed E-state index contributed by atoms with van der Waals surface area (Å²) in [6, 6.07) is 6.10. The van der Waals surface area contributed by atoms with Crippen LogP contribution in [-0.4, -0.2) is 28.9 Å². The Kier molecular flexibility index (Phi) is 3.83. The van der Waals surface area contributed by atoms with Crippen LogP contribution in [0.15, 0.2) is 18.2 Å². The van der Waals surface area contributed by atoms with E-state index in [9.17, 15) is 9.90 Å². The third-order valence-electron chi connectivity index (χ3n) is 7.01. The van der Waals surface area contributed by atoms with Gasteiger partial charge in [-0.25, -0.2) is 4.79 Å². The average Bonchev–Trinajstić information content (AvgIpc) is 2.88. The fraction of sp³-hybridized carbons (Fsp3) is 0.650. The molecule has 0 aromatic heterocycles. The highest BCUT2D eigenvalue weighted by molar-refractivity contribution is 5.68. The van der Waals surface area contributed by atoms with Gasteiger partial charge in [0.1, 0.15) is 5.75 Å². The standard InChI is InChI=1S/C20H26O4/c1-20-9-8-15-14-5-3-13(24-11-19(22)23)10-12(14)2-4-16(15)17(20)6-7-18(20)21/h3,5,10,15-18,21H,2,4,6-9,11H2,1H3,(H,22,23)/t15-,16-,17+,18+,20+/m1/s1. The van der Waals surface area contributed by atoms with Crippen molar-refractivity contribution < 1.29 is 19.7 Å². The Morgan fingerprint density at radius 3 is 2.92 bits per heavy atom. The number of aliphatic carboxylic acids is 1. The minimum Gasteiger partial charge on any atom is -0.482 e. The summed E-state index contributed by atoms with van der Waals surface area (Å²) >= 11 is 0. The van der Waals surface area contributed by atoms with Crippen LogP contribution in [0.3, 0.4) is 0 Å². The van der Waals surface area contributed by atoms with Crippen LogP contribution in [0.1, 0.15) is 56.1 Å². The first-order valence-corrected chi connectivity index (χ1v) is 9.14. The van der Waals surface area contributed by atoms with Crippen molar-refractivity contribution in [3.8, 4) is 5.75 Å². The van der Waals surface area contributed by atoms with Crippen molar-refractivity contribution in [1.29, 1.82) is 0 Å². The lowest BCUT2D eigenvalue weighted by atomic mass is 9.55. The van der Waals surface area contributed by atoms with E-state index in [-0.39, 0.29) is 18.1 Å². The highest BCUT2D eigenvalue weighted by Gasteiger charge is 2.54. The smallest absolute Gasteiger partial charge is 0.341 e. The third kappa shape index (κ3) is 2.43. The van der Waals surface area contributed by atoms with E-state index in [1.54, 1.807) is 0 Å². The molecule has 2 fully saturated rings. The molecule has 0 spiro atoms. The van der Waals surface area contributed by atoms with Crippen LogP contribution in [0, 0.1) is 17.3 Å². The number of hydrogen-bond acceptors (Lipinski definition) is 3. The molecule has 1 aromatic carbocycles. The molecule has 5 atom stereocenters.